The van der Waals surface area contributed by atoms with Gasteiger partial charge in [0.15, 0.2) is 0 Å². The Hall–Kier alpha value is -1.44. The Balaban J connectivity index is 2.27. The number of aromatic nitrogens is 1. The van der Waals surface area contributed by atoms with Gasteiger partial charge in [-0.2, -0.15) is 0 Å². The molecular formula is C11H13NO. The van der Waals surface area contributed by atoms with Gasteiger partial charge < -0.3 is 8.98 Å². The van der Waals surface area contributed by atoms with Crippen LogP contribution in [0.2, 0.25) is 0 Å². The van der Waals surface area contributed by atoms with E-state index in [0.717, 1.165) is 6.54 Å². The summed E-state index contributed by atoms with van der Waals surface area (Å²) in [5.74, 6) is 0. The minimum atomic E-state index is 0.904. The Morgan fingerprint density at radius 3 is 2.38 bits per heavy atom. The molecule has 0 aromatic carbocycles. The van der Waals surface area contributed by atoms with E-state index in [-0.39, 0.29) is 0 Å². The van der Waals surface area contributed by atoms with Crippen LogP contribution in [-0.4, -0.2) is 4.57 Å². The quantitative estimate of drug-likeness (QED) is 0.686. The summed E-state index contributed by atoms with van der Waals surface area (Å²) in [4.78, 5) is 0. The summed E-state index contributed by atoms with van der Waals surface area (Å²) < 4.78 is 7.30. The maximum atomic E-state index is 5.03. The molecule has 0 bridgehead atoms. The maximum Gasteiger partial charge on any atom is 0.0952 e. The van der Waals surface area contributed by atoms with E-state index in [1.165, 1.54) is 17.0 Å². The van der Waals surface area contributed by atoms with Gasteiger partial charge in [-0.05, 0) is 32.0 Å². The van der Waals surface area contributed by atoms with Gasteiger partial charge in [0.2, 0.25) is 0 Å². The number of nitrogens with zero attached hydrogens (tertiary/aromatic N) is 1. The van der Waals surface area contributed by atoms with Gasteiger partial charge in [0, 0.05) is 17.0 Å². The zero-order chi connectivity index (χ0) is 9.26. The molecule has 0 saturated carbocycles. The fourth-order valence-electron chi connectivity index (χ4n) is 1.51. The van der Waals surface area contributed by atoms with E-state index in [9.17, 15) is 0 Å². The third-order valence-electron chi connectivity index (χ3n) is 2.34. The SMILES string of the molecule is Cc1ccc(C)n1Cc1ccoc1. The van der Waals surface area contributed by atoms with Crippen molar-refractivity contribution in [2.75, 3.05) is 0 Å². The molecule has 2 heteroatoms. The standard InChI is InChI=1S/C11H13NO/c1-9-3-4-10(2)12(9)7-11-5-6-13-8-11/h3-6,8H,7H2,1-2H3. The molecule has 0 N–H and O–H groups in total. The molecule has 0 fully saturated rings. The normalized spacial score (nSPS) is 10.6. The number of hydrogen-bond acceptors (Lipinski definition) is 1. The summed E-state index contributed by atoms with van der Waals surface area (Å²) in [5, 5.41) is 0. The average Bonchev–Trinajstić information content (AvgIpc) is 2.70. The second kappa shape index (κ2) is 3.13. The molecule has 2 aromatic heterocycles. The van der Waals surface area contributed by atoms with Crippen molar-refractivity contribution in [3.05, 3.63) is 47.7 Å². The molecule has 0 aliphatic carbocycles. The predicted molar refractivity (Wildman–Crippen MR) is 51.7 cm³/mol. The average molecular weight is 175 g/mol. The van der Waals surface area contributed by atoms with Crippen LogP contribution in [0.3, 0.4) is 0 Å². The molecule has 13 heavy (non-hydrogen) atoms. The fraction of sp³-hybridized carbons (Fsp3) is 0.273. The molecule has 0 aliphatic heterocycles. The van der Waals surface area contributed by atoms with Gasteiger partial charge in [-0.25, -0.2) is 0 Å². The first-order valence-electron chi connectivity index (χ1n) is 4.41. The van der Waals surface area contributed by atoms with Crippen LogP contribution in [0.1, 0.15) is 17.0 Å². The minimum absolute atomic E-state index is 0.904. The van der Waals surface area contributed by atoms with Gasteiger partial charge >= 0.3 is 0 Å². The van der Waals surface area contributed by atoms with Gasteiger partial charge in [-0.15, -0.1) is 0 Å². The van der Waals surface area contributed by atoms with Crippen molar-refractivity contribution in [2.45, 2.75) is 20.4 Å². The summed E-state index contributed by atoms with van der Waals surface area (Å²) in [6.45, 7) is 5.14. The third-order valence-corrected chi connectivity index (χ3v) is 2.34. The van der Waals surface area contributed by atoms with Gasteiger partial charge in [0.05, 0.1) is 19.1 Å². The minimum Gasteiger partial charge on any atom is -0.472 e. The van der Waals surface area contributed by atoms with Crippen molar-refractivity contribution in [1.82, 2.24) is 4.57 Å². The largest absolute Gasteiger partial charge is 0.472 e. The topological polar surface area (TPSA) is 18.1 Å². The molecule has 68 valence electrons. The first-order valence-corrected chi connectivity index (χ1v) is 4.41. The zero-order valence-electron chi connectivity index (χ0n) is 7.95. The Kier molecular flexibility index (Phi) is 1.97. The smallest absolute Gasteiger partial charge is 0.0952 e. The second-order valence-electron chi connectivity index (χ2n) is 3.33. The maximum absolute atomic E-state index is 5.03. The third kappa shape index (κ3) is 1.52. The predicted octanol–water partition coefficient (Wildman–Crippen LogP) is 2.75. The summed E-state index contributed by atoms with van der Waals surface area (Å²) in [6.07, 6.45) is 3.50. The first-order chi connectivity index (χ1) is 6.27. The van der Waals surface area contributed by atoms with E-state index in [1.807, 2.05) is 6.07 Å². The zero-order valence-corrected chi connectivity index (χ0v) is 7.95. The Morgan fingerprint density at radius 2 is 1.85 bits per heavy atom. The molecule has 2 aromatic rings. The molecular weight excluding hydrogens is 162 g/mol. The van der Waals surface area contributed by atoms with Gasteiger partial charge in [-0.3, -0.25) is 0 Å². The van der Waals surface area contributed by atoms with Crippen LogP contribution in [-0.2, 0) is 6.54 Å². The summed E-state index contributed by atoms with van der Waals surface area (Å²) >= 11 is 0. The van der Waals surface area contributed by atoms with E-state index in [4.69, 9.17) is 4.42 Å². The lowest BCUT2D eigenvalue weighted by molar-refractivity contribution is 0.561. The summed E-state index contributed by atoms with van der Waals surface area (Å²) in [5.41, 5.74) is 3.79. The van der Waals surface area contributed by atoms with Crippen LogP contribution in [0.4, 0.5) is 0 Å². The van der Waals surface area contributed by atoms with Gasteiger partial charge in [-0.1, -0.05) is 0 Å². The lowest BCUT2D eigenvalue weighted by Crippen LogP contribution is -2.02. The highest BCUT2D eigenvalue weighted by Gasteiger charge is 2.01. The van der Waals surface area contributed by atoms with Crippen molar-refractivity contribution in [1.29, 1.82) is 0 Å². The summed E-state index contributed by atoms with van der Waals surface area (Å²) in [7, 11) is 0. The molecule has 0 unspecified atom stereocenters. The monoisotopic (exact) mass is 175 g/mol. The van der Waals surface area contributed by atoms with Crippen LogP contribution in [0.25, 0.3) is 0 Å². The van der Waals surface area contributed by atoms with Crippen LogP contribution < -0.4 is 0 Å². The van der Waals surface area contributed by atoms with Gasteiger partial charge in [0.1, 0.15) is 0 Å². The van der Waals surface area contributed by atoms with E-state index < -0.39 is 0 Å². The second-order valence-corrected chi connectivity index (χ2v) is 3.33. The van der Waals surface area contributed by atoms with Crippen LogP contribution in [0.15, 0.2) is 35.1 Å². The lowest BCUT2D eigenvalue weighted by Gasteiger charge is -2.06. The number of hydrogen-bond donors (Lipinski definition) is 0. The Morgan fingerprint density at radius 1 is 1.15 bits per heavy atom. The van der Waals surface area contributed by atoms with E-state index in [2.05, 4.69) is 30.5 Å². The highest BCUT2D eigenvalue weighted by Crippen LogP contribution is 2.11. The molecule has 2 heterocycles. The van der Waals surface area contributed by atoms with Crippen LogP contribution >= 0.6 is 0 Å². The van der Waals surface area contributed by atoms with Crippen molar-refractivity contribution >= 4 is 0 Å². The van der Waals surface area contributed by atoms with Crippen LogP contribution in [0, 0.1) is 13.8 Å². The molecule has 0 saturated heterocycles. The lowest BCUT2D eigenvalue weighted by atomic mass is 10.3. The summed E-state index contributed by atoms with van der Waals surface area (Å²) in [6, 6.07) is 6.27. The number of aryl methyl sites for hydroxylation is 2. The Labute approximate surface area is 77.8 Å². The molecule has 0 radical (unpaired) electrons. The van der Waals surface area contributed by atoms with Crippen molar-refractivity contribution in [3.8, 4) is 0 Å². The molecule has 0 spiro atoms. The molecule has 2 nitrogen and oxygen atoms in total. The molecule has 0 atom stereocenters. The Bertz CT molecular complexity index is 365. The van der Waals surface area contributed by atoms with Crippen molar-refractivity contribution in [3.63, 3.8) is 0 Å². The van der Waals surface area contributed by atoms with E-state index in [1.54, 1.807) is 12.5 Å². The first kappa shape index (κ1) is 8.17. The van der Waals surface area contributed by atoms with Gasteiger partial charge in [0.25, 0.3) is 0 Å². The highest BCUT2D eigenvalue weighted by atomic mass is 16.3. The van der Waals surface area contributed by atoms with Crippen molar-refractivity contribution in [2.24, 2.45) is 0 Å². The van der Waals surface area contributed by atoms with E-state index >= 15 is 0 Å². The van der Waals surface area contributed by atoms with E-state index in [0.29, 0.717) is 0 Å². The highest BCUT2D eigenvalue weighted by molar-refractivity contribution is 5.17. The van der Waals surface area contributed by atoms with Crippen LogP contribution in [0.5, 0.6) is 0 Å². The molecule has 0 amide bonds. The fourth-order valence-corrected chi connectivity index (χ4v) is 1.51. The van der Waals surface area contributed by atoms with Crippen molar-refractivity contribution < 1.29 is 4.42 Å². The molecule has 0 aliphatic rings. The number of rotatable bonds is 2. The molecule has 2 rings (SSSR count). The number of furan rings is 1.